The summed E-state index contributed by atoms with van der Waals surface area (Å²) >= 11 is 1.64. The molecular formula is C20H15N5O2S. The minimum absolute atomic E-state index is 0.0387. The topological polar surface area (TPSA) is 105 Å². The summed E-state index contributed by atoms with van der Waals surface area (Å²) in [5.41, 5.74) is 3.08. The number of thiazole rings is 1. The van der Waals surface area contributed by atoms with Crippen molar-refractivity contribution in [3.05, 3.63) is 65.9 Å². The largest absolute Gasteiger partial charge is 0.424 e. The van der Waals surface area contributed by atoms with Crippen LogP contribution in [0.5, 0.6) is 0 Å². The van der Waals surface area contributed by atoms with E-state index in [-0.39, 0.29) is 24.8 Å². The third kappa shape index (κ3) is 4.05. The molecule has 0 saturated carbocycles. The van der Waals surface area contributed by atoms with E-state index in [1.165, 1.54) is 0 Å². The van der Waals surface area contributed by atoms with Gasteiger partial charge in [0.05, 0.1) is 22.7 Å². The van der Waals surface area contributed by atoms with Crippen molar-refractivity contribution in [2.45, 2.75) is 12.8 Å². The molecule has 2 aromatic carbocycles. The minimum Gasteiger partial charge on any atom is -0.424 e. The first kappa shape index (κ1) is 17.8. The van der Waals surface area contributed by atoms with Crippen LogP contribution in [0.25, 0.3) is 20.8 Å². The molecule has 28 heavy (non-hydrogen) atoms. The van der Waals surface area contributed by atoms with E-state index < -0.39 is 0 Å². The highest BCUT2D eigenvalue weighted by Crippen LogP contribution is 2.30. The van der Waals surface area contributed by atoms with Crippen LogP contribution in [-0.2, 0) is 17.6 Å². The first-order valence-electron chi connectivity index (χ1n) is 8.61. The number of nitrogens with one attached hydrogen (secondary N) is 1. The average molecular weight is 389 g/mol. The standard InChI is InChI=1S/C20H15N5O2S/c21-8-9-22-17(26)12-19-25-24-18(27-19)11-13-6-7-15-16(10-13)28-20(23-15)14-4-2-1-3-5-14/h1-7,10H,9,11-12H2,(H,22,26). The molecule has 0 fully saturated rings. The van der Waals surface area contributed by atoms with Crippen molar-refractivity contribution >= 4 is 27.5 Å². The molecule has 2 aromatic heterocycles. The van der Waals surface area contributed by atoms with Crippen molar-refractivity contribution in [3.63, 3.8) is 0 Å². The number of hydrogen-bond donors (Lipinski definition) is 1. The predicted octanol–water partition coefficient (Wildman–Crippen LogP) is 3.12. The molecule has 138 valence electrons. The molecule has 0 saturated heterocycles. The number of nitriles is 1. The molecule has 4 rings (SSSR count). The maximum atomic E-state index is 11.6. The van der Waals surface area contributed by atoms with Gasteiger partial charge in [-0.15, -0.1) is 21.5 Å². The minimum atomic E-state index is -0.323. The van der Waals surface area contributed by atoms with E-state index in [9.17, 15) is 4.79 Å². The van der Waals surface area contributed by atoms with Crippen molar-refractivity contribution < 1.29 is 9.21 Å². The van der Waals surface area contributed by atoms with Gasteiger partial charge >= 0.3 is 0 Å². The zero-order valence-electron chi connectivity index (χ0n) is 14.8. The molecular weight excluding hydrogens is 374 g/mol. The monoisotopic (exact) mass is 389 g/mol. The van der Waals surface area contributed by atoms with Gasteiger partial charge < -0.3 is 9.73 Å². The van der Waals surface area contributed by atoms with Crippen molar-refractivity contribution in [1.82, 2.24) is 20.5 Å². The van der Waals surface area contributed by atoms with Crippen LogP contribution >= 0.6 is 11.3 Å². The Bertz CT molecular complexity index is 1160. The molecule has 1 amide bonds. The van der Waals surface area contributed by atoms with Gasteiger partial charge in [0, 0.05) is 5.56 Å². The zero-order valence-corrected chi connectivity index (χ0v) is 15.6. The van der Waals surface area contributed by atoms with E-state index in [1.807, 2.05) is 48.5 Å². The van der Waals surface area contributed by atoms with Crippen LogP contribution in [0.2, 0.25) is 0 Å². The number of aromatic nitrogens is 3. The fraction of sp³-hybridized carbons (Fsp3) is 0.150. The zero-order chi connectivity index (χ0) is 19.3. The Kier molecular flexibility index (Phi) is 5.08. The SMILES string of the molecule is N#CCNC(=O)Cc1nnc(Cc2ccc3nc(-c4ccccc4)sc3c2)o1. The van der Waals surface area contributed by atoms with Crippen LogP contribution in [0.15, 0.2) is 52.9 Å². The van der Waals surface area contributed by atoms with Crippen LogP contribution in [0, 0.1) is 11.3 Å². The Balaban J connectivity index is 1.48. The third-order valence-electron chi connectivity index (χ3n) is 4.01. The van der Waals surface area contributed by atoms with Crippen LogP contribution < -0.4 is 5.32 Å². The Morgan fingerprint density at radius 3 is 2.79 bits per heavy atom. The maximum Gasteiger partial charge on any atom is 0.230 e. The Labute approximate surface area is 164 Å². The summed E-state index contributed by atoms with van der Waals surface area (Å²) < 4.78 is 6.64. The number of rotatable bonds is 6. The molecule has 2 heterocycles. The Hall–Kier alpha value is -3.57. The van der Waals surface area contributed by atoms with E-state index in [2.05, 4.69) is 21.6 Å². The summed E-state index contributed by atoms with van der Waals surface area (Å²) in [6.45, 7) is -0.0420. The van der Waals surface area contributed by atoms with Gasteiger partial charge in [0.2, 0.25) is 17.7 Å². The van der Waals surface area contributed by atoms with Crippen LogP contribution in [-0.4, -0.2) is 27.6 Å². The van der Waals surface area contributed by atoms with Crippen LogP contribution in [0.3, 0.4) is 0 Å². The third-order valence-corrected chi connectivity index (χ3v) is 5.08. The van der Waals surface area contributed by atoms with E-state index in [1.54, 1.807) is 11.3 Å². The molecule has 7 nitrogen and oxygen atoms in total. The van der Waals surface area contributed by atoms with Crippen molar-refractivity contribution in [3.8, 4) is 16.6 Å². The highest BCUT2D eigenvalue weighted by atomic mass is 32.1. The predicted molar refractivity (Wildman–Crippen MR) is 104 cm³/mol. The van der Waals surface area contributed by atoms with Gasteiger partial charge in [-0.2, -0.15) is 5.26 Å². The normalized spacial score (nSPS) is 10.7. The number of benzene rings is 2. The van der Waals surface area contributed by atoms with Gasteiger partial charge in [-0.3, -0.25) is 4.79 Å². The molecule has 0 aliphatic heterocycles. The number of carbonyl (C=O) groups excluding carboxylic acids is 1. The first-order chi connectivity index (χ1) is 13.7. The molecule has 0 radical (unpaired) electrons. The Morgan fingerprint density at radius 2 is 1.96 bits per heavy atom. The number of carbonyl (C=O) groups is 1. The summed E-state index contributed by atoms with van der Waals surface area (Å²) in [6, 6.07) is 18.0. The lowest BCUT2D eigenvalue weighted by Crippen LogP contribution is -2.25. The second kappa shape index (κ2) is 7.98. The Morgan fingerprint density at radius 1 is 1.14 bits per heavy atom. The molecule has 0 spiro atoms. The second-order valence-electron chi connectivity index (χ2n) is 6.07. The summed E-state index contributed by atoms with van der Waals surface area (Å²) in [5.74, 6) is 0.349. The first-order valence-corrected chi connectivity index (χ1v) is 9.43. The number of hydrogen-bond acceptors (Lipinski definition) is 7. The fourth-order valence-electron chi connectivity index (χ4n) is 2.73. The quantitative estimate of drug-likeness (QED) is 0.508. The number of nitrogens with zero attached hydrogens (tertiary/aromatic N) is 4. The van der Waals surface area contributed by atoms with Gasteiger partial charge in [0.15, 0.2) is 0 Å². The summed E-state index contributed by atoms with van der Waals surface area (Å²) in [7, 11) is 0. The van der Waals surface area contributed by atoms with Crippen LogP contribution in [0.4, 0.5) is 0 Å². The van der Waals surface area contributed by atoms with E-state index in [0.717, 1.165) is 26.4 Å². The molecule has 0 atom stereocenters. The highest BCUT2D eigenvalue weighted by molar-refractivity contribution is 7.21. The van der Waals surface area contributed by atoms with Gasteiger partial charge in [0.1, 0.15) is 18.0 Å². The van der Waals surface area contributed by atoms with Gasteiger partial charge in [0.25, 0.3) is 0 Å². The summed E-state index contributed by atoms with van der Waals surface area (Å²) in [6.07, 6.45) is 0.435. The van der Waals surface area contributed by atoms with Gasteiger partial charge in [-0.1, -0.05) is 36.4 Å². The lowest BCUT2D eigenvalue weighted by atomic mass is 10.1. The lowest BCUT2D eigenvalue weighted by molar-refractivity contribution is -0.120. The second-order valence-corrected chi connectivity index (χ2v) is 7.10. The number of amides is 1. The smallest absolute Gasteiger partial charge is 0.230 e. The van der Waals surface area contributed by atoms with E-state index in [4.69, 9.17) is 14.7 Å². The molecule has 8 heteroatoms. The number of fused-ring (bicyclic) bond motifs is 1. The molecule has 0 bridgehead atoms. The van der Waals surface area contributed by atoms with Crippen molar-refractivity contribution in [2.24, 2.45) is 0 Å². The van der Waals surface area contributed by atoms with E-state index >= 15 is 0 Å². The van der Waals surface area contributed by atoms with Gasteiger partial charge in [-0.05, 0) is 17.7 Å². The van der Waals surface area contributed by atoms with Crippen LogP contribution in [0.1, 0.15) is 17.3 Å². The molecule has 0 aliphatic rings. The maximum absolute atomic E-state index is 11.6. The summed E-state index contributed by atoms with van der Waals surface area (Å²) in [5, 5.41) is 19.8. The highest BCUT2D eigenvalue weighted by Gasteiger charge is 2.12. The fourth-order valence-corrected chi connectivity index (χ4v) is 3.76. The van der Waals surface area contributed by atoms with Gasteiger partial charge in [-0.25, -0.2) is 4.98 Å². The molecule has 4 aromatic rings. The average Bonchev–Trinajstić information content (AvgIpc) is 3.33. The molecule has 0 aliphatic carbocycles. The lowest BCUT2D eigenvalue weighted by Gasteiger charge is -1.97. The summed E-state index contributed by atoms with van der Waals surface area (Å²) in [4.78, 5) is 16.3. The molecule has 1 N–H and O–H groups in total. The van der Waals surface area contributed by atoms with E-state index in [0.29, 0.717) is 12.3 Å². The molecule has 0 unspecified atom stereocenters. The van der Waals surface area contributed by atoms with Crippen molar-refractivity contribution in [2.75, 3.05) is 6.54 Å². The van der Waals surface area contributed by atoms with Crippen molar-refractivity contribution in [1.29, 1.82) is 5.26 Å².